The normalized spacial score (nSPS) is 11.6. The molecule has 2 rings (SSSR count). The SMILES string of the molecule is CCN(C(=O)c1cc(S(=O)(=O)N(C)C)ccc1Cl)c1ccccc1C. The highest BCUT2D eigenvalue weighted by Crippen LogP contribution is 2.27. The summed E-state index contributed by atoms with van der Waals surface area (Å²) in [4.78, 5) is 14.7. The quantitative estimate of drug-likeness (QED) is 0.796. The molecule has 0 saturated heterocycles. The van der Waals surface area contributed by atoms with Crippen LogP contribution in [0.4, 0.5) is 5.69 Å². The first-order valence-corrected chi connectivity index (χ1v) is 9.61. The molecule has 0 unspecified atom stereocenters. The molecule has 7 heteroatoms. The van der Waals surface area contributed by atoms with Gasteiger partial charge in [-0.3, -0.25) is 4.79 Å². The second-order valence-corrected chi connectivity index (χ2v) is 8.32. The molecule has 2 aromatic rings. The van der Waals surface area contributed by atoms with Gasteiger partial charge in [0.1, 0.15) is 0 Å². The summed E-state index contributed by atoms with van der Waals surface area (Å²) < 4.78 is 25.8. The third-order valence-electron chi connectivity index (χ3n) is 3.91. The first-order valence-electron chi connectivity index (χ1n) is 7.79. The van der Waals surface area contributed by atoms with Crippen LogP contribution in [0.25, 0.3) is 0 Å². The largest absolute Gasteiger partial charge is 0.308 e. The molecule has 0 aliphatic heterocycles. The highest BCUT2D eigenvalue weighted by Gasteiger charge is 2.24. The van der Waals surface area contributed by atoms with E-state index in [1.165, 1.54) is 32.3 Å². The van der Waals surface area contributed by atoms with Crippen LogP contribution in [0.15, 0.2) is 47.4 Å². The third kappa shape index (κ3) is 3.86. The van der Waals surface area contributed by atoms with Crippen molar-refractivity contribution in [2.75, 3.05) is 25.5 Å². The molecular formula is C18H21ClN2O3S. The van der Waals surface area contributed by atoms with E-state index in [-0.39, 0.29) is 21.4 Å². The summed E-state index contributed by atoms with van der Waals surface area (Å²) in [6.07, 6.45) is 0. The van der Waals surface area contributed by atoms with Gasteiger partial charge in [0.05, 0.1) is 15.5 Å². The highest BCUT2D eigenvalue weighted by atomic mass is 35.5. The molecule has 0 saturated carbocycles. The molecule has 1 amide bonds. The van der Waals surface area contributed by atoms with Crippen molar-refractivity contribution in [1.29, 1.82) is 0 Å². The minimum atomic E-state index is -3.65. The Labute approximate surface area is 153 Å². The number of sulfonamides is 1. The van der Waals surface area contributed by atoms with Crippen LogP contribution in [-0.4, -0.2) is 39.3 Å². The van der Waals surface area contributed by atoms with Crippen molar-refractivity contribution in [3.63, 3.8) is 0 Å². The Balaban J connectivity index is 2.53. The van der Waals surface area contributed by atoms with Crippen LogP contribution in [0.3, 0.4) is 0 Å². The van der Waals surface area contributed by atoms with Crippen LogP contribution in [0, 0.1) is 6.92 Å². The van der Waals surface area contributed by atoms with E-state index in [0.717, 1.165) is 15.6 Å². The molecule has 0 radical (unpaired) electrons. The number of rotatable bonds is 5. The maximum Gasteiger partial charge on any atom is 0.259 e. The van der Waals surface area contributed by atoms with Crippen molar-refractivity contribution in [3.8, 4) is 0 Å². The monoisotopic (exact) mass is 380 g/mol. The van der Waals surface area contributed by atoms with Crippen molar-refractivity contribution in [2.24, 2.45) is 0 Å². The molecular weight excluding hydrogens is 360 g/mol. The third-order valence-corrected chi connectivity index (χ3v) is 6.06. The summed E-state index contributed by atoms with van der Waals surface area (Å²) in [6.45, 7) is 4.21. The summed E-state index contributed by atoms with van der Waals surface area (Å²) in [5, 5.41) is 0.217. The zero-order valence-corrected chi connectivity index (χ0v) is 16.2. The number of aryl methyl sites for hydroxylation is 1. The average molecular weight is 381 g/mol. The van der Waals surface area contributed by atoms with Crippen molar-refractivity contribution in [3.05, 3.63) is 58.6 Å². The molecule has 0 aliphatic rings. The molecule has 0 fully saturated rings. The highest BCUT2D eigenvalue weighted by molar-refractivity contribution is 7.89. The smallest absolute Gasteiger partial charge is 0.259 e. The van der Waals surface area contributed by atoms with E-state index < -0.39 is 10.0 Å². The van der Waals surface area contributed by atoms with Gasteiger partial charge in [-0.1, -0.05) is 29.8 Å². The first-order chi connectivity index (χ1) is 11.7. The summed E-state index contributed by atoms with van der Waals surface area (Å²) in [5.41, 5.74) is 1.88. The van der Waals surface area contributed by atoms with E-state index in [9.17, 15) is 13.2 Å². The minimum Gasteiger partial charge on any atom is -0.308 e. The number of hydrogen-bond donors (Lipinski definition) is 0. The molecule has 134 valence electrons. The lowest BCUT2D eigenvalue weighted by molar-refractivity contribution is 0.0988. The maximum absolute atomic E-state index is 13.0. The summed E-state index contributed by atoms with van der Waals surface area (Å²) in [6, 6.07) is 11.7. The zero-order chi connectivity index (χ0) is 18.8. The maximum atomic E-state index is 13.0. The van der Waals surface area contributed by atoms with Gasteiger partial charge in [0.25, 0.3) is 5.91 Å². The van der Waals surface area contributed by atoms with E-state index in [1.807, 2.05) is 38.1 Å². The van der Waals surface area contributed by atoms with Gasteiger partial charge in [0.15, 0.2) is 0 Å². The molecule has 0 aromatic heterocycles. The predicted octanol–water partition coefficient (Wildman–Crippen LogP) is 3.57. The van der Waals surface area contributed by atoms with Crippen molar-refractivity contribution in [2.45, 2.75) is 18.7 Å². The van der Waals surface area contributed by atoms with Crippen LogP contribution in [-0.2, 0) is 10.0 Å². The number of benzene rings is 2. The number of carbonyl (C=O) groups excluding carboxylic acids is 1. The van der Waals surface area contributed by atoms with Gasteiger partial charge in [-0.05, 0) is 43.7 Å². The van der Waals surface area contributed by atoms with Gasteiger partial charge in [-0.25, -0.2) is 12.7 Å². The molecule has 0 bridgehead atoms. The molecule has 25 heavy (non-hydrogen) atoms. The zero-order valence-electron chi connectivity index (χ0n) is 14.7. The van der Waals surface area contributed by atoms with Crippen LogP contribution in [0.2, 0.25) is 5.02 Å². The van der Waals surface area contributed by atoms with Crippen LogP contribution < -0.4 is 4.90 Å². The fourth-order valence-electron chi connectivity index (χ4n) is 2.47. The Morgan fingerprint density at radius 2 is 1.76 bits per heavy atom. The van der Waals surface area contributed by atoms with Gasteiger partial charge in [-0.15, -0.1) is 0 Å². The van der Waals surface area contributed by atoms with Gasteiger partial charge in [0.2, 0.25) is 10.0 Å². The molecule has 0 heterocycles. The Morgan fingerprint density at radius 1 is 1.12 bits per heavy atom. The fourth-order valence-corrected chi connectivity index (χ4v) is 3.60. The molecule has 5 nitrogen and oxygen atoms in total. The van der Waals surface area contributed by atoms with Crippen LogP contribution >= 0.6 is 11.6 Å². The second-order valence-electron chi connectivity index (χ2n) is 5.76. The van der Waals surface area contributed by atoms with E-state index in [0.29, 0.717) is 6.54 Å². The number of halogens is 1. The van der Waals surface area contributed by atoms with Crippen molar-refractivity contribution < 1.29 is 13.2 Å². The molecule has 0 spiro atoms. The van der Waals surface area contributed by atoms with Gasteiger partial charge >= 0.3 is 0 Å². The van der Waals surface area contributed by atoms with Gasteiger partial charge in [-0.2, -0.15) is 0 Å². The van der Waals surface area contributed by atoms with Gasteiger partial charge < -0.3 is 4.90 Å². The van der Waals surface area contributed by atoms with E-state index in [4.69, 9.17) is 11.6 Å². The lowest BCUT2D eigenvalue weighted by Gasteiger charge is -2.24. The van der Waals surface area contributed by atoms with Crippen LogP contribution in [0.1, 0.15) is 22.8 Å². The molecule has 0 aliphatic carbocycles. The predicted molar refractivity (Wildman–Crippen MR) is 101 cm³/mol. The number of nitrogens with zero attached hydrogens (tertiary/aromatic N) is 2. The molecule has 0 N–H and O–H groups in total. The van der Waals surface area contributed by atoms with Crippen LogP contribution in [0.5, 0.6) is 0 Å². The standard InChI is InChI=1S/C18H21ClN2O3S/c1-5-21(17-9-7-6-8-13(17)2)18(22)15-12-14(10-11-16(15)19)25(23,24)20(3)4/h6-12H,5H2,1-4H3. The van der Waals surface area contributed by atoms with Gasteiger partial charge in [0, 0.05) is 26.3 Å². The average Bonchev–Trinajstić information content (AvgIpc) is 2.57. The Hall–Kier alpha value is -1.89. The minimum absolute atomic E-state index is 0.0334. The first kappa shape index (κ1) is 19.4. The lowest BCUT2D eigenvalue weighted by Crippen LogP contribution is -2.32. The number of hydrogen-bond acceptors (Lipinski definition) is 3. The fraction of sp³-hybridized carbons (Fsp3) is 0.278. The molecule has 0 atom stereocenters. The summed E-state index contributed by atoms with van der Waals surface area (Å²) in [5.74, 6) is -0.336. The topological polar surface area (TPSA) is 57.7 Å². The van der Waals surface area contributed by atoms with Crippen molar-refractivity contribution >= 4 is 33.2 Å². The Morgan fingerprint density at radius 3 is 2.32 bits per heavy atom. The van der Waals surface area contributed by atoms with E-state index in [1.54, 1.807) is 4.90 Å². The number of para-hydroxylation sites is 1. The number of amides is 1. The Kier molecular flexibility index (Phi) is 5.87. The summed E-state index contributed by atoms with van der Waals surface area (Å²) in [7, 11) is -0.768. The lowest BCUT2D eigenvalue weighted by atomic mass is 10.1. The number of anilines is 1. The second kappa shape index (κ2) is 7.56. The Bertz CT molecular complexity index is 895. The van der Waals surface area contributed by atoms with E-state index in [2.05, 4.69) is 0 Å². The summed E-state index contributed by atoms with van der Waals surface area (Å²) >= 11 is 6.19. The van der Waals surface area contributed by atoms with Crippen molar-refractivity contribution in [1.82, 2.24) is 4.31 Å². The number of carbonyl (C=O) groups is 1. The van der Waals surface area contributed by atoms with E-state index >= 15 is 0 Å². The molecule has 2 aromatic carbocycles.